The molecule has 7 N–H and O–H groups in total. The number of hydrogen-bond acceptors (Lipinski definition) is 9. The summed E-state index contributed by atoms with van der Waals surface area (Å²) in [7, 11) is 1.52. The van der Waals surface area contributed by atoms with E-state index in [1.54, 1.807) is 19.1 Å². The van der Waals surface area contributed by atoms with Crippen molar-refractivity contribution in [2.24, 2.45) is 5.92 Å². The van der Waals surface area contributed by atoms with Crippen LogP contribution in [0, 0.1) is 5.92 Å². The molecule has 1 fully saturated rings. The monoisotopic (exact) mass is 452 g/mol. The van der Waals surface area contributed by atoms with E-state index in [0.717, 1.165) is 0 Å². The molecule has 1 saturated heterocycles. The number of nitrogens with zero attached hydrogens (tertiary/aromatic N) is 1. The number of carbonyl (C=O) groups is 2. The van der Waals surface area contributed by atoms with E-state index in [1.807, 2.05) is 0 Å². The van der Waals surface area contributed by atoms with E-state index < -0.39 is 54.0 Å². The molecule has 32 heavy (non-hydrogen) atoms. The van der Waals surface area contributed by atoms with Gasteiger partial charge in [-0.25, -0.2) is 0 Å². The van der Waals surface area contributed by atoms with Gasteiger partial charge in [-0.1, -0.05) is 19.1 Å². The molecular weight excluding hydrogens is 424 g/mol. The summed E-state index contributed by atoms with van der Waals surface area (Å²) in [4.78, 5) is 26.8. The summed E-state index contributed by atoms with van der Waals surface area (Å²) < 4.78 is 4.92. The van der Waals surface area contributed by atoms with Crippen LogP contribution in [0.4, 0.5) is 11.4 Å². The summed E-state index contributed by atoms with van der Waals surface area (Å²) in [6, 6.07) is 4.44. The first kappa shape index (κ1) is 24.3. The molecular formula is C21H28N2O9. The van der Waals surface area contributed by atoms with Crippen molar-refractivity contribution in [3.05, 3.63) is 35.9 Å². The molecule has 0 saturated carbocycles. The van der Waals surface area contributed by atoms with Crippen molar-refractivity contribution >= 4 is 23.2 Å². The fraction of sp³-hybridized carbons (Fsp3) is 0.524. The largest absolute Gasteiger partial charge is 0.396 e. The summed E-state index contributed by atoms with van der Waals surface area (Å²) in [5.74, 6) is -2.10. The standard InChI is InChI=1S/C21H28N2O9/c1-10(5-3-4-8-24)21(31)12-9-11(6-7-13(12)23(2)20(21)30)22-18(28)17-15(26)14(25)16(27)19(29)32-17/h3,5-7,9-10,14-17,19,24-27,29,31H,4,8H2,1-2H3,(H,22,28)/b5-3+/t10-,14-,15-,16+,17-,19+,21+/m0/s1. The van der Waals surface area contributed by atoms with Gasteiger partial charge in [0.05, 0.1) is 5.69 Å². The molecule has 2 amide bonds. The molecule has 0 unspecified atom stereocenters. The molecule has 2 aliphatic heterocycles. The Labute approximate surface area is 184 Å². The fourth-order valence-corrected chi connectivity index (χ4v) is 3.94. The minimum Gasteiger partial charge on any atom is -0.396 e. The first-order valence-electron chi connectivity index (χ1n) is 10.1. The third-order valence-electron chi connectivity index (χ3n) is 5.89. The summed E-state index contributed by atoms with van der Waals surface area (Å²) in [5.41, 5.74) is -1.04. The van der Waals surface area contributed by atoms with Crippen LogP contribution in [-0.2, 0) is 19.9 Å². The Kier molecular flexibility index (Phi) is 7.00. The Bertz CT molecular complexity index is 907. The number of hydrogen-bond donors (Lipinski definition) is 7. The Morgan fingerprint density at radius 1 is 1.25 bits per heavy atom. The van der Waals surface area contributed by atoms with Gasteiger partial charge in [-0.05, 0) is 24.6 Å². The van der Waals surface area contributed by atoms with E-state index in [-0.39, 0.29) is 17.9 Å². The quantitative estimate of drug-likeness (QED) is 0.244. The highest BCUT2D eigenvalue weighted by Crippen LogP contribution is 2.45. The number of fused-ring (bicyclic) bond motifs is 1. The predicted octanol–water partition coefficient (Wildman–Crippen LogP) is -1.84. The summed E-state index contributed by atoms with van der Waals surface area (Å²) >= 11 is 0. The molecule has 3 rings (SSSR count). The summed E-state index contributed by atoms with van der Waals surface area (Å²) in [6.07, 6.45) is -5.24. The second kappa shape index (κ2) is 9.24. The lowest BCUT2D eigenvalue weighted by molar-refractivity contribution is -0.274. The zero-order valence-corrected chi connectivity index (χ0v) is 17.6. The summed E-state index contributed by atoms with van der Waals surface area (Å²) in [6.45, 7) is 1.58. The number of carbonyl (C=O) groups excluding carboxylic acids is 2. The molecule has 1 aromatic carbocycles. The van der Waals surface area contributed by atoms with Crippen molar-refractivity contribution < 1.29 is 45.0 Å². The summed E-state index contributed by atoms with van der Waals surface area (Å²) in [5, 5.41) is 61.7. The Morgan fingerprint density at radius 2 is 1.94 bits per heavy atom. The van der Waals surface area contributed by atoms with Gasteiger partial charge in [0, 0.05) is 30.8 Å². The highest BCUT2D eigenvalue weighted by Gasteiger charge is 2.52. The Morgan fingerprint density at radius 3 is 2.59 bits per heavy atom. The normalized spacial score (nSPS) is 33.4. The van der Waals surface area contributed by atoms with Crippen molar-refractivity contribution in [1.82, 2.24) is 0 Å². The molecule has 1 aromatic rings. The third kappa shape index (κ3) is 4.04. The molecule has 0 radical (unpaired) electrons. The van der Waals surface area contributed by atoms with Crippen molar-refractivity contribution in [2.45, 2.75) is 49.7 Å². The van der Waals surface area contributed by atoms with E-state index in [0.29, 0.717) is 12.1 Å². The molecule has 7 atom stereocenters. The maximum atomic E-state index is 12.9. The number of likely N-dealkylation sites (N-methyl/N-ethyl adjacent to an activating group) is 1. The van der Waals surface area contributed by atoms with Gasteiger partial charge >= 0.3 is 0 Å². The highest BCUT2D eigenvalue weighted by atomic mass is 16.6. The molecule has 0 spiro atoms. The first-order valence-corrected chi connectivity index (χ1v) is 10.1. The molecule has 11 heteroatoms. The smallest absolute Gasteiger partial charge is 0.264 e. The second-order valence-electron chi connectivity index (χ2n) is 8.00. The first-order chi connectivity index (χ1) is 15.0. The van der Waals surface area contributed by atoms with Crippen LogP contribution in [0.1, 0.15) is 18.9 Å². The third-order valence-corrected chi connectivity index (χ3v) is 5.89. The van der Waals surface area contributed by atoms with Crippen LogP contribution in [0.3, 0.4) is 0 Å². The fourth-order valence-electron chi connectivity index (χ4n) is 3.94. The van der Waals surface area contributed by atoms with Gasteiger partial charge in [0.15, 0.2) is 18.0 Å². The van der Waals surface area contributed by atoms with Crippen LogP contribution < -0.4 is 10.2 Å². The van der Waals surface area contributed by atoms with Crippen LogP contribution >= 0.6 is 0 Å². The molecule has 0 bridgehead atoms. The zero-order valence-electron chi connectivity index (χ0n) is 17.6. The van der Waals surface area contributed by atoms with Gasteiger partial charge < -0.3 is 45.6 Å². The average Bonchev–Trinajstić information content (AvgIpc) is 2.96. The van der Waals surface area contributed by atoms with Crippen LogP contribution in [0.15, 0.2) is 30.4 Å². The molecule has 2 aliphatic rings. The second-order valence-corrected chi connectivity index (χ2v) is 8.00. The lowest BCUT2D eigenvalue weighted by Gasteiger charge is -2.37. The van der Waals surface area contributed by atoms with Crippen LogP contribution in [-0.4, -0.2) is 86.8 Å². The molecule has 176 valence electrons. The number of aliphatic hydroxyl groups is 6. The molecule has 0 aromatic heterocycles. The topological polar surface area (TPSA) is 180 Å². The minimum absolute atomic E-state index is 0.0717. The van der Waals surface area contributed by atoms with Crippen molar-refractivity contribution in [3.63, 3.8) is 0 Å². The lowest BCUT2D eigenvalue weighted by atomic mass is 9.82. The van der Waals surface area contributed by atoms with E-state index in [4.69, 9.17) is 9.84 Å². The van der Waals surface area contributed by atoms with Gasteiger partial charge in [-0.15, -0.1) is 0 Å². The SMILES string of the molecule is C[C@@H](/C=C/CCO)[C@]1(O)C(=O)N(C)c2ccc(NC(=O)[C@H]3O[C@@H](O)[C@H](O)[C@@H](O)[C@@H]3O)cc21. The van der Waals surface area contributed by atoms with Gasteiger partial charge in [0.25, 0.3) is 11.8 Å². The molecule has 2 heterocycles. The van der Waals surface area contributed by atoms with E-state index in [1.165, 1.54) is 30.1 Å². The molecule has 0 aliphatic carbocycles. The van der Waals surface area contributed by atoms with Crippen molar-refractivity contribution in [1.29, 1.82) is 0 Å². The number of amides is 2. The van der Waals surface area contributed by atoms with Crippen LogP contribution in [0.5, 0.6) is 0 Å². The zero-order chi connectivity index (χ0) is 23.8. The maximum Gasteiger partial charge on any atom is 0.264 e. The Hall–Kier alpha value is -2.38. The van der Waals surface area contributed by atoms with E-state index >= 15 is 0 Å². The number of anilines is 2. The van der Waals surface area contributed by atoms with Crippen LogP contribution in [0.2, 0.25) is 0 Å². The number of benzene rings is 1. The number of rotatable bonds is 6. The van der Waals surface area contributed by atoms with Gasteiger partial charge in [-0.3, -0.25) is 9.59 Å². The lowest BCUT2D eigenvalue weighted by Crippen LogP contribution is -2.60. The van der Waals surface area contributed by atoms with E-state index in [2.05, 4.69) is 5.32 Å². The Balaban J connectivity index is 1.87. The van der Waals surface area contributed by atoms with Crippen molar-refractivity contribution in [2.75, 3.05) is 23.9 Å². The van der Waals surface area contributed by atoms with Crippen LogP contribution in [0.25, 0.3) is 0 Å². The maximum absolute atomic E-state index is 12.9. The molecule has 11 nitrogen and oxygen atoms in total. The number of aliphatic hydroxyl groups excluding tert-OH is 5. The highest BCUT2D eigenvalue weighted by molar-refractivity contribution is 6.07. The number of nitrogens with one attached hydrogen (secondary N) is 1. The van der Waals surface area contributed by atoms with Gasteiger partial charge in [-0.2, -0.15) is 0 Å². The predicted molar refractivity (Wildman–Crippen MR) is 111 cm³/mol. The van der Waals surface area contributed by atoms with Gasteiger partial charge in [0.2, 0.25) is 0 Å². The van der Waals surface area contributed by atoms with Crippen molar-refractivity contribution in [3.8, 4) is 0 Å². The van der Waals surface area contributed by atoms with E-state index in [9.17, 15) is 35.1 Å². The average molecular weight is 452 g/mol. The van der Waals surface area contributed by atoms with Gasteiger partial charge in [0.1, 0.15) is 18.3 Å². The number of ether oxygens (including phenoxy) is 1. The minimum atomic E-state index is -1.91.